The quantitative estimate of drug-likeness (QED) is 0.881. The molecule has 1 aliphatic carbocycles. The maximum atomic E-state index is 6.23. The Labute approximate surface area is 119 Å². The summed E-state index contributed by atoms with van der Waals surface area (Å²) in [4.78, 5) is 0. The van der Waals surface area contributed by atoms with Crippen LogP contribution in [0.4, 0.5) is 0 Å². The van der Waals surface area contributed by atoms with Crippen molar-refractivity contribution in [1.29, 1.82) is 0 Å². The van der Waals surface area contributed by atoms with Gasteiger partial charge in [-0.3, -0.25) is 0 Å². The van der Waals surface area contributed by atoms with Crippen LogP contribution >= 0.6 is 23.2 Å². The number of halogens is 2. The minimum Gasteiger partial charge on any atom is -0.329 e. The number of hydrogen-bond donors (Lipinski definition) is 2. The summed E-state index contributed by atoms with van der Waals surface area (Å²) in [6.07, 6.45) is 6.42. The van der Waals surface area contributed by atoms with E-state index in [2.05, 4.69) is 5.32 Å². The third-order valence-electron chi connectivity index (χ3n) is 3.61. The van der Waals surface area contributed by atoms with Crippen molar-refractivity contribution < 1.29 is 0 Å². The normalized spacial score (nSPS) is 18.8. The van der Waals surface area contributed by atoms with Crippen molar-refractivity contribution in [2.45, 2.75) is 44.2 Å². The molecule has 1 atom stereocenters. The highest BCUT2D eigenvalue weighted by Crippen LogP contribution is 2.28. The number of hydrogen-bond acceptors (Lipinski definition) is 2. The van der Waals surface area contributed by atoms with Gasteiger partial charge >= 0.3 is 0 Å². The van der Waals surface area contributed by atoms with Crippen molar-refractivity contribution in [3.05, 3.63) is 33.8 Å². The van der Waals surface area contributed by atoms with Gasteiger partial charge in [-0.05, 0) is 36.6 Å². The van der Waals surface area contributed by atoms with Crippen molar-refractivity contribution in [3.63, 3.8) is 0 Å². The van der Waals surface area contributed by atoms with E-state index in [4.69, 9.17) is 28.9 Å². The molecule has 1 saturated carbocycles. The van der Waals surface area contributed by atoms with Gasteiger partial charge in [-0.2, -0.15) is 0 Å². The Morgan fingerprint density at radius 3 is 2.61 bits per heavy atom. The molecule has 0 radical (unpaired) electrons. The molecule has 0 saturated heterocycles. The van der Waals surface area contributed by atoms with Crippen LogP contribution in [0.5, 0.6) is 0 Å². The summed E-state index contributed by atoms with van der Waals surface area (Å²) in [6, 6.07) is 6.21. The second-order valence-electron chi connectivity index (χ2n) is 4.96. The van der Waals surface area contributed by atoms with E-state index in [1.165, 1.54) is 32.1 Å². The molecule has 1 aliphatic rings. The van der Waals surface area contributed by atoms with Gasteiger partial charge in [0, 0.05) is 28.7 Å². The lowest BCUT2D eigenvalue weighted by atomic mass is 9.94. The van der Waals surface area contributed by atoms with Crippen molar-refractivity contribution in [2.24, 2.45) is 5.73 Å². The molecule has 100 valence electrons. The molecule has 0 bridgehead atoms. The number of rotatable bonds is 4. The average Bonchev–Trinajstić information content (AvgIpc) is 2.40. The molecule has 2 nitrogen and oxygen atoms in total. The van der Waals surface area contributed by atoms with Gasteiger partial charge < -0.3 is 11.1 Å². The van der Waals surface area contributed by atoms with Crippen LogP contribution < -0.4 is 11.1 Å². The predicted octanol–water partition coefficient (Wildman–Crippen LogP) is 3.92. The van der Waals surface area contributed by atoms with Gasteiger partial charge in [0.15, 0.2) is 0 Å². The van der Waals surface area contributed by atoms with Crippen LogP contribution in [0, 0.1) is 0 Å². The first-order valence-electron chi connectivity index (χ1n) is 6.62. The first-order valence-corrected chi connectivity index (χ1v) is 7.37. The van der Waals surface area contributed by atoms with Crippen LogP contribution in [0.1, 0.15) is 43.7 Å². The molecule has 1 unspecified atom stereocenters. The highest BCUT2D eigenvalue weighted by atomic mass is 35.5. The summed E-state index contributed by atoms with van der Waals surface area (Å²) >= 11 is 12.3. The number of nitrogens with one attached hydrogen (secondary N) is 1. The minimum absolute atomic E-state index is 0.0966. The Hall–Kier alpha value is -0.280. The van der Waals surface area contributed by atoms with Gasteiger partial charge in [0.05, 0.1) is 0 Å². The predicted molar refractivity (Wildman–Crippen MR) is 78.3 cm³/mol. The van der Waals surface area contributed by atoms with E-state index in [1.54, 1.807) is 0 Å². The summed E-state index contributed by atoms with van der Waals surface area (Å²) in [6.45, 7) is 0.538. The van der Waals surface area contributed by atoms with E-state index < -0.39 is 0 Å². The Morgan fingerprint density at radius 2 is 1.94 bits per heavy atom. The molecule has 0 amide bonds. The number of benzene rings is 1. The average molecular weight is 287 g/mol. The molecule has 0 aromatic heterocycles. The van der Waals surface area contributed by atoms with Gasteiger partial charge in [0.25, 0.3) is 0 Å². The fraction of sp³-hybridized carbons (Fsp3) is 0.571. The van der Waals surface area contributed by atoms with E-state index in [0.29, 0.717) is 17.6 Å². The largest absolute Gasteiger partial charge is 0.329 e. The molecule has 1 aromatic rings. The lowest BCUT2D eigenvalue weighted by Gasteiger charge is -2.28. The summed E-state index contributed by atoms with van der Waals surface area (Å²) in [5.74, 6) is 0. The molecule has 4 heteroatoms. The van der Waals surface area contributed by atoms with Crippen molar-refractivity contribution in [3.8, 4) is 0 Å². The first kappa shape index (κ1) is 14.1. The van der Waals surface area contributed by atoms with Gasteiger partial charge in [0.1, 0.15) is 0 Å². The lowest BCUT2D eigenvalue weighted by Crippen LogP contribution is -2.38. The van der Waals surface area contributed by atoms with Crippen LogP contribution in [0.3, 0.4) is 0 Å². The van der Waals surface area contributed by atoms with Crippen LogP contribution in [0.2, 0.25) is 10.0 Å². The fourth-order valence-corrected chi connectivity index (χ4v) is 3.05. The summed E-state index contributed by atoms with van der Waals surface area (Å²) in [7, 11) is 0. The summed E-state index contributed by atoms with van der Waals surface area (Å²) in [5.41, 5.74) is 6.89. The van der Waals surface area contributed by atoms with E-state index >= 15 is 0 Å². The van der Waals surface area contributed by atoms with Crippen molar-refractivity contribution in [2.75, 3.05) is 6.54 Å². The van der Waals surface area contributed by atoms with Gasteiger partial charge in [-0.25, -0.2) is 0 Å². The Kier molecular flexibility index (Phi) is 5.31. The van der Waals surface area contributed by atoms with Crippen LogP contribution in [0.15, 0.2) is 18.2 Å². The topological polar surface area (TPSA) is 38.0 Å². The maximum absolute atomic E-state index is 6.23. The zero-order chi connectivity index (χ0) is 13.0. The van der Waals surface area contributed by atoms with Crippen LogP contribution in [0.25, 0.3) is 0 Å². The fourth-order valence-electron chi connectivity index (χ4n) is 2.62. The molecule has 1 aromatic carbocycles. The van der Waals surface area contributed by atoms with E-state index in [-0.39, 0.29) is 6.04 Å². The number of nitrogens with two attached hydrogens (primary N) is 1. The molecule has 0 aliphatic heterocycles. The van der Waals surface area contributed by atoms with Gasteiger partial charge in [-0.1, -0.05) is 42.5 Å². The van der Waals surface area contributed by atoms with Crippen LogP contribution in [-0.2, 0) is 0 Å². The van der Waals surface area contributed by atoms with E-state index in [1.807, 2.05) is 18.2 Å². The zero-order valence-corrected chi connectivity index (χ0v) is 12.0. The zero-order valence-electron chi connectivity index (χ0n) is 10.5. The lowest BCUT2D eigenvalue weighted by molar-refractivity contribution is 0.340. The monoisotopic (exact) mass is 286 g/mol. The standard InChI is InChI=1S/C14H20Cl2N2/c15-10-6-7-13(16)12(8-10)14(9-17)18-11-4-2-1-3-5-11/h6-8,11,14,18H,1-5,9,17H2. The van der Waals surface area contributed by atoms with E-state index in [0.717, 1.165) is 10.6 Å². The third kappa shape index (κ3) is 3.61. The third-order valence-corrected chi connectivity index (χ3v) is 4.19. The molecular weight excluding hydrogens is 267 g/mol. The molecule has 0 spiro atoms. The summed E-state index contributed by atoms with van der Waals surface area (Å²) < 4.78 is 0. The SMILES string of the molecule is NCC(NC1CCCCC1)c1cc(Cl)ccc1Cl. The smallest absolute Gasteiger partial charge is 0.0462 e. The minimum atomic E-state index is 0.0966. The summed E-state index contributed by atoms with van der Waals surface area (Å²) in [5, 5.41) is 5.06. The highest BCUT2D eigenvalue weighted by Gasteiger charge is 2.20. The van der Waals surface area contributed by atoms with Crippen molar-refractivity contribution in [1.82, 2.24) is 5.32 Å². The molecule has 1 fully saturated rings. The molecule has 3 N–H and O–H groups in total. The van der Waals surface area contributed by atoms with Crippen LogP contribution in [-0.4, -0.2) is 12.6 Å². The molecule has 2 rings (SSSR count). The Morgan fingerprint density at radius 1 is 1.22 bits per heavy atom. The maximum Gasteiger partial charge on any atom is 0.0462 e. The van der Waals surface area contributed by atoms with Gasteiger partial charge in [-0.15, -0.1) is 0 Å². The van der Waals surface area contributed by atoms with E-state index in [9.17, 15) is 0 Å². The van der Waals surface area contributed by atoms with Gasteiger partial charge in [0.2, 0.25) is 0 Å². The molecule has 0 heterocycles. The Balaban J connectivity index is 2.09. The molecule has 18 heavy (non-hydrogen) atoms. The second kappa shape index (κ2) is 6.76. The van der Waals surface area contributed by atoms with Crippen molar-refractivity contribution >= 4 is 23.2 Å². The highest BCUT2D eigenvalue weighted by molar-refractivity contribution is 6.33. The first-order chi connectivity index (χ1) is 8.70. The Bertz CT molecular complexity index is 389. The second-order valence-corrected chi connectivity index (χ2v) is 5.80. The molecular formula is C14H20Cl2N2.